The Hall–Kier alpha value is -3.44. The number of piperidine rings is 1. The molecule has 0 radical (unpaired) electrons. The lowest BCUT2D eigenvalue weighted by atomic mass is 9.71. The van der Waals surface area contributed by atoms with E-state index in [0.717, 1.165) is 22.2 Å². The van der Waals surface area contributed by atoms with Gasteiger partial charge in [-0.3, -0.25) is 4.68 Å². The molecule has 3 aromatic heterocycles. The Morgan fingerprint density at radius 2 is 2.03 bits per heavy atom. The zero-order valence-corrected chi connectivity index (χ0v) is 22.1. The quantitative estimate of drug-likeness (QED) is 0.508. The van der Waals surface area contributed by atoms with E-state index in [2.05, 4.69) is 15.1 Å². The Bertz CT molecular complexity index is 1400. The number of carbonyl (C=O) groups is 1. The highest BCUT2D eigenvalue weighted by Crippen LogP contribution is 2.49. The number of allylic oxidation sites excluding steroid dienone is 2. The average molecular weight is 527 g/mol. The first-order valence-corrected chi connectivity index (χ1v) is 12.6. The van der Waals surface area contributed by atoms with Crippen LogP contribution in [0.1, 0.15) is 55.9 Å². The summed E-state index contributed by atoms with van der Waals surface area (Å²) < 4.78 is 10.1. The van der Waals surface area contributed by atoms with Crippen molar-refractivity contribution < 1.29 is 14.6 Å². The molecule has 0 spiro atoms. The van der Waals surface area contributed by atoms with Crippen molar-refractivity contribution in [2.45, 2.75) is 57.2 Å². The number of halogens is 1. The molecule has 1 saturated heterocycles. The van der Waals surface area contributed by atoms with Crippen molar-refractivity contribution in [3.8, 4) is 0 Å². The number of methoxy groups -OCH3 is 1. The number of hydrogen-bond donors (Lipinski definition) is 2. The summed E-state index contributed by atoms with van der Waals surface area (Å²) in [7, 11) is 1.69. The molecule has 0 bridgehead atoms. The number of amides is 1. The molecule has 0 saturated carbocycles. The first-order chi connectivity index (χ1) is 17.7. The number of likely N-dealkylation sites (tertiary alicyclic amines) is 1. The van der Waals surface area contributed by atoms with Crippen LogP contribution in [0.2, 0.25) is 0 Å². The van der Waals surface area contributed by atoms with Crippen LogP contribution in [-0.4, -0.2) is 71.4 Å². The molecule has 2 aliphatic rings. The molecule has 1 fully saturated rings. The minimum Gasteiger partial charge on any atom is -0.465 e. The molecule has 3 N–H and O–H groups in total. The zero-order valence-electron chi connectivity index (χ0n) is 21.3. The minimum absolute atomic E-state index is 0.120. The lowest BCUT2D eigenvalue weighted by Crippen LogP contribution is -2.46. The fraction of sp³-hybridized carbons (Fsp3) is 0.480. The maximum Gasteiger partial charge on any atom is 0.407 e. The van der Waals surface area contributed by atoms with Gasteiger partial charge in [-0.05, 0) is 51.3 Å². The summed E-state index contributed by atoms with van der Waals surface area (Å²) in [4.78, 5) is 21.4. The number of nitrogens with two attached hydrogens (primary N) is 1. The number of rotatable bonds is 5. The first-order valence-electron chi connectivity index (χ1n) is 12.3. The van der Waals surface area contributed by atoms with Crippen LogP contribution in [-0.2, 0) is 4.74 Å². The van der Waals surface area contributed by atoms with Crippen LogP contribution in [0.3, 0.4) is 0 Å². The molecule has 3 aromatic rings. The molecule has 3 unspecified atom stereocenters. The van der Waals surface area contributed by atoms with Crippen LogP contribution in [0.25, 0.3) is 11.0 Å². The summed E-state index contributed by atoms with van der Waals surface area (Å²) in [5.41, 5.74) is 8.59. The standard InChI is InChI=1S/C25H31ClN8O3/c1-14-19(26)5-8-25(37-4,16(3)34-23-20(15(2)31-34)22(27)28-13-29-23)21(14)17-11-30-33(12-17)18-6-9-32(10-7-18)24(35)36/h5,8,11-13,16,18,21H,6-7,9-10H2,1-4H3,(H,35,36)(H2,27,28,29). The van der Waals surface area contributed by atoms with Crippen LogP contribution >= 0.6 is 11.6 Å². The zero-order chi connectivity index (χ0) is 26.5. The van der Waals surface area contributed by atoms with Crippen molar-refractivity contribution in [2.24, 2.45) is 0 Å². The van der Waals surface area contributed by atoms with E-state index < -0.39 is 11.7 Å². The molecule has 4 heterocycles. The van der Waals surface area contributed by atoms with E-state index in [-0.39, 0.29) is 18.0 Å². The van der Waals surface area contributed by atoms with Crippen LogP contribution in [0.5, 0.6) is 0 Å². The SMILES string of the molecule is COC1(C(C)n2nc(C)c3c(N)ncnc32)C=CC(Cl)=C(C)C1c1cnn(C2CCN(C(=O)O)CC2)c1. The van der Waals surface area contributed by atoms with Gasteiger partial charge in [0.25, 0.3) is 0 Å². The molecule has 1 aliphatic carbocycles. The van der Waals surface area contributed by atoms with E-state index in [1.165, 1.54) is 11.2 Å². The minimum atomic E-state index is -0.878. The number of carboxylic acid groups (broad SMARTS) is 1. The summed E-state index contributed by atoms with van der Waals surface area (Å²) in [5.74, 6) is 0.133. The summed E-state index contributed by atoms with van der Waals surface area (Å²) in [6.07, 6.45) is 9.74. The predicted octanol–water partition coefficient (Wildman–Crippen LogP) is 4.04. The van der Waals surface area contributed by atoms with E-state index in [0.29, 0.717) is 42.4 Å². The molecule has 196 valence electrons. The van der Waals surface area contributed by atoms with Crippen molar-refractivity contribution in [2.75, 3.05) is 25.9 Å². The Labute approximate surface area is 219 Å². The summed E-state index contributed by atoms with van der Waals surface area (Å²) in [5, 5.41) is 20.1. The molecule has 12 heteroatoms. The normalized spacial score (nSPS) is 23.7. The van der Waals surface area contributed by atoms with Crippen molar-refractivity contribution in [1.82, 2.24) is 34.4 Å². The second-order valence-corrected chi connectivity index (χ2v) is 10.2. The number of ether oxygens (including phenoxy) is 1. The van der Waals surface area contributed by atoms with E-state index in [4.69, 9.17) is 27.2 Å². The Balaban J connectivity index is 1.54. The summed E-state index contributed by atoms with van der Waals surface area (Å²) >= 11 is 6.66. The third kappa shape index (κ3) is 4.06. The molecule has 11 nitrogen and oxygen atoms in total. The highest BCUT2D eigenvalue weighted by Gasteiger charge is 2.48. The van der Waals surface area contributed by atoms with Gasteiger partial charge in [0.1, 0.15) is 17.7 Å². The molecular formula is C25H31ClN8O3. The van der Waals surface area contributed by atoms with E-state index in [9.17, 15) is 9.90 Å². The number of nitrogens with zero attached hydrogens (tertiary/aromatic N) is 7. The van der Waals surface area contributed by atoms with Gasteiger partial charge >= 0.3 is 6.09 Å². The number of aryl methyl sites for hydroxylation is 1. The van der Waals surface area contributed by atoms with Gasteiger partial charge in [0, 0.05) is 42.9 Å². The monoisotopic (exact) mass is 526 g/mol. The summed E-state index contributed by atoms with van der Waals surface area (Å²) in [6, 6.07) is -0.180. The maximum atomic E-state index is 11.3. The van der Waals surface area contributed by atoms with Gasteiger partial charge in [0.15, 0.2) is 5.65 Å². The van der Waals surface area contributed by atoms with Crippen molar-refractivity contribution in [1.29, 1.82) is 0 Å². The molecule has 3 atom stereocenters. The van der Waals surface area contributed by atoms with Crippen LogP contribution < -0.4 is 5.73 Å². The number of anilines is 1. The van der Waals surface area contributed by atoms with Gasteiger partial charge in [-0.15, -0.1) is 0 Å². The van der Waals surface area contributed by atoms with Crippen LogP contribution in [0.15, 0.2) is 41.5 Å². The van der Waals surface area contributed by atoms with Gasteiger partial charge in [-0.2, -0.15) is 10.2 Å². The third-order valence-corrected chi connectivity index (χ3v) is 8.31. The van der Waals surface area contributed by atoms with Crippen molar-refractivity contribution in [3.63, 3.8) is 0 Å². The first kappa shape index (κ1) is 25.2. The second-order valence-electron chi connectivity index (χ2n) is 9.77. The molecule has 1 aliphatic heterocycles. The highest BCUT2D eigenvalue weighted by molar-refractivity contribution is 6.31. The Morgan fingerprint density at radius 1 is 1.30 bits per heavy atom. The van der Waals surface area contributed by atoms with Crippen molar-refractivity contribution in [3.05, 3.63) is 52.7 Å². The molecule has 1 amide bonds. The Morgan fingerprint density at radius 3 is 2.70 bits per heavy atom. The third-order valence-electron chi connectivity index (χ3n) is 7.88. The number of aromatic nitrogens is 6. The number of fused-ring (bicyclic) bond motifs is 1. The largest absolute Gasteiger partial charge is 0.465 e. The van der Waals surface area contributed by atoms with Gasteiger partial charge in [-0.1, -0.05) is 11.6 Å². The molecule has 37 heavy (non-hydrogen) atoms. The predicted molar refractivity (Wildman–Crippen MR) is 139 cm³/mol. The lowest BCUT2D eigenvalue weighted by molar-refractivity contribution is -0.0246. The molecule has 0 aromatic carbocycles. The van der Waals surface area contributed by atoms with E-state index in [1.54, 1.807) is 7.11 Å². The van der Waals surface area contributed by atoms with Gasteiger partial charge in [-0.25, -0.2) is 19.4 Å². The van der Waals surface area contributed by atoms with E-state index >= 15 is 0 Å². The fourth-order valence-electron chi connectivity index (χ4n) is 5.81. The van der Waals surface area contributed by atoms with Crippen molar-refractivity contribution >= 4 is 34.5 Å². The average Bonchev–Trinajstić information content (AvgIpc) is 3.51. The van der Waals surface area contributed by atoms with Gasteiger partial charge in [0.05, 0.1) is 29.4 Å². The highest BCUT2D eigenvalue weighted by atomic mass is 35.5. The van der Waals surface area contributed by atoms with Crippen LogP contribution in [0, 0.1) is 6.92 Å². The Kier molecular flexibility index (Phi) is 6.45. The topological polar surface area (TPSA) is 137 Å². The molecular weight excluding hydrogens is 496 g/mol. The smallest absolute Gasteiger partial charge is 0.407 e. The van der Waals surface area contributed by atoms with Gasteiger partial charge < -0.3 is 20.5 Å². The summed E-state index contributed by atoms with van der Waals surface area (Å²) in [6.45, 7) is 6.92. The number of nitrogen functional groups attached to an aromatic ring is 1. The van der Waals surface area contributed by atoms with Gasteiger partial charge in [0.2, 0.25) is 0 Å². The van der Waals surface area contributed by atoms with Crippen LogP contribution in [0.4, 0.5) is 10.6 Å². The molecule has 5 rings (SSSR count). The maximum absolute atomic E-state index is 11.3. The lowest BCUT2D eigenvalue weighted by Gasteiger charge is -2.44. The second kappa shape index (κ2) is 9.46. The van der Waals surface area contributed by atoms with E-state index in [1.807, 2.05) is 54.7 Å². The number of hydrogen-bond acceptors (Lipinski definition) is 7. The fourth-order valence-corrected chi connectivity index (χ4v) is 5.98.